The van der Waals surface area contributed by atoms with Crippen LogP contribution in [0.25, 0.3) is 0 Å². The van der Waals surface area contributed by atoms with Crippen molar-refractivity contribution in [2.24, 2.45) is 5.73 Å². The van der Waals surface area contributed by atoms with Gasteiger partial charge >= 0.3 is 0 Å². The first-order chi connectivity index (χ1) is 6.97. The molecule has 6 heteroatoms. The average Bonchev–Trinajstić information content (AvgIpc) is 2.11. The second-order valence-electron chi connectivity index (χ2n) is 3.20. The van der Waals surface area contributed by atoms with E-state index in [4.69, 9.17) is 5.73 Å². The zero-order valence-electron chi connectivity index (χ0n) is 8.91. The predicted molar refractivity (Wildman–Crippen MR) is 52.9 cm³/mol. The van der Waals surface area contributed by atoms with E-state index in [0.717, 1.165) is 0 Å². The maximum atomic E-state index is 11.1. The number of primary amides is 1. The number of ether oxygens (including phenoxy) is 1. The standard InChI is InChI=1S/C9H16N2O4/c1-6(12)3-4-7(9(10)14)11-8(13)5-15-2/h7H,3-5H2,1-2H3,(H2,10,14)(H,11,13)/t7-/m1/s1. The van der Waals surface area contributed by atoms with Gasteiger partial charge in [0.25, 0.3) is 0 Å². The van der Waals surface area contributed by atoms with E-state index in [1.54, 1.807) is 0 Å². The van der Waals surface area contributed by atoms with Crippen molar-refractivity contribution in [2.75, 3.05) is 13.7 Å². The number of Topliss-reactive ketones (excluding diaryl/α,β-unsaturated/α-hetero) is 1. The number of hydrogen-bond donors (Lipinski definition) is 2. The van der Waals surface area contributed by atoms with Crippen LogP contribution in [0.5, 0.6) is 0 Å². The van der Waals surface area contributed by atoms with Crippen molar-refractivity contribution < 1.29 is 19.1 Å². The Hall–Kier alpha value is -1.43. The lowest BCUT2D eigenvalue weighted by atomic mass is 10.1. The van der Waals surface area contributed by atoms with E-state index in [9.17, 15) is 14.4 Å². The number of carbonyl (C=O) groups is 3. The molecule has 0 spiro atoms. The highest BCUT2D eigenvalue weighted by atomic mass is 16.5. The molecule has 0 heterocycles. The third kappa shape index (κ3) is 6.62. The summed E-state index contributed by atoms with van der Waals surface area (Å²) in [5.74, 6) is -1.13. The van der Waals surface area contributed by atoms with Crippen LogP contribution in [-0.4, -0.2) is 37.4 Å². The van der Waals surface area contributed by atoms with Crippen molar-refractivity contribution in [1.82, 2.24) is 5.32 Å². The molecule has 6 nitrogen and oxygen atoms in total. The Morgan fingerprint density at radius 2 is 2.00 bits per heavy atom. The Kier molecular flexibility index (Phi) is 6.28. The van der Waals surface area contributed by atoms with Gasteiger partial charge in [-0.05, 0) is 13.3 Å². The van der Waals surface area contributed by atoms with Crippen molar-refractivity contribution in [3.63, 3.8) is 0 Å². The minimum atomic E-state index is -0.809. The molecule has 0 aromatic carbocycles. The fourth-order valence-electron chi connectivity index (χ4n) is 1.00. The van der Waals surface area contributed by atoms with E-state index in [2.05, 4.69) is 10.1 Å². The van der Waals surface area contributed by atoms with E-state index in [1.165, 1.54) is 14.0 Å². The SMILES string of the molecule is COCC(=O)N[C@H](CCC(C)=O)C(N)=O. The summed E-state index contributed by atoms with van der Waals surface area (Å²) in [5, 5.41) is 2.38. The molecule has 0 saturated heterocycles. The van der Waals surface area contributed by atoms with Gasteiger partial charge in [-0.2, -0.15) is 0 Å². The Morgan fingerprint density at radius 3 is 2.40 bits per heavy atom. The molecule has 3 N–H and O–H groups in total. The minimum absolute atomic E-state index is 0.0535. The normalized spacial score (nSPS) is 11.9. The van der Waals surface area contributed by atoms with Crippen LogP contribution in [0.2, 0.25) is 0 Å². The quantitative estimate of drug-likeness (QED) is 0.568. The first-order valence-electron chi connectivity index (χ1n) is 4.54. The highest BCUT2D eigenvalue weighted by Gasteiger charge is 2.17. The van der Waals surface area contributed by atoms with E-state index in [-0.39, 0.29) is 25.2 Å². The molecule has 0 bridgehead atoms. The summed E-state index contributed by atoms with van der Waals surface area (Å²) in [7, 11) is 1.37. The monoisotopic (exact) mass is 216 g/mol. The van der Waals surface area contributed by atoms with Gasteiger partial charge in [-0.3, -0.25) is 9.59 Å². The molecule has 0 aliphatic carbocycles. The average molecular weight is 216 g/mol. The van der Waals surface area contributed by atoms with Gasteiger partial charge in [-0.15, -0.1) is 0 Å². The molecule has 2 amide bonds. The van der Waals surface area contributed by atoms with Gasteiger partial charge in [-0.1, -0.05) is 0 Å². The Balaban J connectivity index is 4.10. The molecule has 0 radical (unpaired) electrons. The summed E-state index contributed by atoms with van der Waals surface area (Å²) < 4.78 is 4.58. The summed E-state index contributed by atoms with van der Waals surface area (Å²) >= 11 is 0. The van der Waals surface area contributed by atoms with E-state index >= 15 is 0 Å². The summed E-state index contributed by atoms with van der Waals surface area (Å²) in [5.41, 5.74) is 5.06. The molecular formula is C9H16N2O4. The number of ketones is 1. The van der Waals surface area contributed by atoms with Crippen LogP contribution in [0.15, 0.2) is 0 Å². The van der Waals surface area contributed by atoms with Crippen LogP contribution in [0.3, 0.4) is 0 Å². The van der Waals surface area contributed by atoms with E-state index in [1.807, 2.05) is 0 Å². The van der Waals surface area contributed by atoms with Crippen molar-refractivity contribution in [3.05, 3.63) is 0 Å². The second kappa shape index (κ2) is 6.94. The van der Waals surface area contributed by atoms with Crippen molar-refractivity contribution in [2.45, 2.75) is 25.8 Å². The number of carbonyl (C=O) groups excluding carboxylic acids is 3. The molecule has 0 aromatic heterocycles. The third-order valence-corrected chi connectivity index (χ3v) is 1.74. The Morgan fingerprint density at radius 1 is 1.40 bits per heavy atom. The predicted octanol–water partition coefficient (Wildman–Crippen LogP) is -1.03. The van der Waals surface area contributed by atoms with Crippen LogP contribution >= 0.6 is 0 Å². The lowest BCUT2D eigenvalue weighted by molar-refractivity contribution is -0.130. The summed E-state index contributed by atoms with van der Waals surface area (Å²) in [6.45, 7) is 1.28. The Labute approximate surface area is 88.1 Å². The van der Waals surface area contributed by atoms with Gasteiger partial charge in [0.1, 0.15) is 18.4 Å². The molecule has 15 heavy (non-hydrogen) atoms. The van der Waals surface area contributed by atoms with Gasteiger partial charge in [0.2, 0.25) is 11.8 Å². The minimum Gasteiger partial charge on any atom is -0.375 e. The molecule has 0 aliphatic heterocycles. The highest BCUT2D eigenvalue weighted by molar-refractivity contribution is 5.87. The fourth-order valence-corrected chi connectivity index (χ4v) is 1.00. The zero-order valence-corrected chi connectivity index (χ0v) is 8.91. The largest absolute Gasteiger partial charge is 0.375 e. The van der Waals surface area contributed by atoms with Crippen molar-refractivity contribution in [1.29, 1.82) is 0 Å². The topological polar surface area (TPSA) is 98.5 Å². The summed E-state index contributed by atoms with van der Waals surface area (Å²) in [6, 6.07) is -0.809. The number of amides is 2. The van der Waals surface area contributed by atoms with Crippen LogP contribution in [0.4, 0.5) is 0 Å². The van der Waals surface area contributed by atoms with Gasteiger partial charge in [0.05, 0.1) is 0 Å². The lowest BCUT2D eigenvalue weighted by Crippen LogP contribution is -2.45. The molecule has 0 aromatic rings. The molecule has 0 saturated carbocycles. The number of rotatable bonds is 7. The number of nitrogens with one attached hydrogen (secondary N) is 1. The van der Waals surface area contributed by atoms with E-state index in [0.29, 0.717) is 0 Å². The molecular weight excluding hydrogens is 200 g/mol. The van der Waals surface area contributed by atoms with Crippen LogP contribution in [0, 0.1) is 0 Å². The van der Waals surface area contributed by atoms with Crippen molar-refractivity contribution >= 4 is 17.6 Å². The van der Waals surface area contributed by atoms with Gasteiger partial charge < -0.3 is 20.6 Å². The van der Waals surface area contributed by atoms with Crippen molar-refractivity contribution in [3.8, 4) is 0 Å². The lowest BCUT2D eigenvalue weighted by Gasteiger charge is -2.14. The molecule has 0 unspecified atom stereocenters. The fraction of sp³-hybridized carbons (Fsp3) is 0.667. The highest BCUT2D eigenvalue weighted by Crippen LogP contribution is 1.97. The van der Waals surface area contributed by atoms with E-state index < -0.39 is 17.9 Å². The Bertz CT molecular complexity index is 252. The number of methoxy groups -OCH3 is 1. The summed E-state index contributed by atoms with van der Waals surface area (Å²) in [6.07, 6.45) is 0.432. The van der Waals surface area contributed by atoms with Gasteiger partial charge in [-0.25, -0.2) is 0 Å². The van der Waals surface area contributed by atoms with Crippen LogP contribution in [-0.2, 0) is 19.1 Å². The third-order valence-electron chi connectivity index (χ3n) is 1.74. The number of hydrogen-bond acceptors (Lipinski definition) is 4. The summed E-state index contributed by atoms with van der Waals surface area (Å²) in [4.78, 5) is 32.7. The first kappa shape index (κ1) is 13.6. The first-order valence-corrected chi connectivity index (χ1v) is 4.54. The zero-order chi connectivity index (χ0) is 11.8. The maximum absolute atomic E-state index is 11.1. The van der Waals surface area contributed by atoms with Crippen LogP contribution < -0.4 is 11.1 Å². The molecule has 1 atom stereocenters. The van der Waals surface area contributed by atoms with Gasteiger partial charge in [0.15, 0.2) is 0 Å². The molecule has 0 fully saturated rings. The number of nitrogens with two attached hydrogens (primary N) is 1. The second-order valence-corrected chi connectivity index (χ2v) is 3.20. The van der Waals surface area contributed by atoms with Gasteiger partial charge in [0, 0.05) is 13.5 Å². The molecule has 0 aliphatic rings. The maximum Gasteiger partial charge on any atom is 0.246 e. The van der Waals surface area contributed by atoms with Crippen LogP contribution in [0.1, 0.15) is 19.8 Å². The smallest absolute Gasteiger partial charge is 0.246 e. The molecule has 0 rings (SSSR count). The molecule has 86 valence electrons.